The Morgan fingerprint density at radius 1 is 1.24 bits per heavy atom. The normalized spacial score (nSPS) is 23.6. The number of aromatic nitrogens is 1. The number of oxazole rings is 1. The number of carbonyl (C=O) groups excluding carboxylic acids is 2. The van der Waals surface area contributed by atoms with Gasteiger partial charge in [-0.3, -0.25) is 14.9 Å². The van der Waals surface area contributed by atoms with Crippen molar-refractivity contribution >= 4 is 22.9 Å². The van der Waals surface area contributed by atoms with Gasteiger partial charge in [-0.2, -0.15) is 0 Å². The Hall–Kier alpha value is -2.38. The largest absolute Gasteiger partial charge is 0.441 e. The molecular formula is C22H24N2O4S. The third-order valence-electron chi connectivity index (χ3n) is 5.34. The highest BCUT2D eigenvalue weighted by Gasteiger charge is 2.28. The molecule has 4 rings (SSSR count). The molecule has 152 valence electrons. The third-order valence-corrected chi connectivity index (χ3v) is 6.17. The molecule has 1 aliphatic carbocycles. The maximum Gasteiger partial charge on any atom is 0.290 e. The lowest BCUT2D eigenvalue weighted by Crippen LogP contribution is -2.23. The second-order valence-electron chi connectivity index (χ2n) is 7.62. The predicted octanol–water partition coefficient (Wildman–Crippen LogP) is 4.90. The Morgan fingerprint density at radius 3 is 2.76 bits per heavy atom. The topological polar surface area (TPSA) is 81.4 Å². The summed E-state index contributed by atoms with van der Waals surface area (Å²) in [6, 6.07) is 8.09. The van der Waals surface area contributed by atoms with Gasteiger partial charge < -0.3 is 9.15 Å². The van der Waals surface area contributed by atoms with Crippen molar-refractivity contribution in [1.82, 2.24) is 10.3 Å². The minimum Gasteiger partial charge on any atom is -0.441 e. The molecule has 2 unspecified atom stereocenters. The maximum absolute atomic E-state index is 11.8. The van der Waals surface area contributed by atoms with E-state index in [-0.39, 0.29) is 23.2 Å². The lowest BCUT2D eigenvalue weighted by atomic mass is 9.87. The molecule has 0 bridgehead atoms. The number of nitrogens with zero attached hydrogens (tertiary/aromatic N) is 1. The number of amides is 2. The summed E-state index contributed by atoms with van der Waals surface area (Å²) in [7, 11) is 0. The summed E-state index contributed by atoms with van der Waals surface area (Å²) < 4.78 is 12.0. The second-order valence-corrected chi connectivity index (χ2v) is 8.64. The standard InChI is InChI=1S/C22H24N2O4S/c1-13-6-8-16(9-7-13)21-23-18(14(2)28-21)12-27-17-5-3-4-15(10-17)11-19-20(25)24-22(26)29-19/h6-9,11,15,17H,3-5,10,12H2,1-2H3,(H,24,25,26)/b19-11+. The van der Waals surface area contributed by atoms with Crippen molar-refractivity contribution in [3.8, 4) is 11.5 Å². The molecule has 0 radical (unpaired) electrons. The quantitative estimate of drug-likeness (QED) is 0.704. The zero-order chi connectivity index (χ0) is 20.4. The van der Waals surface area contributed by atoms with Crippen molar-refractivity contribution in [3.05, 3.63) is 52.3 Å². The monoisotopic (exact) mass is 412 g/mol. The summed E-state index contributed by atoms with van der Waals surface area (Å²) in [6.07, 6.45) is 5.90. The first-order chi connectivity index (χ1) is 14.0. The predicted molar refractivity (Wildman–Crippen MR) is 111 cm³/mol. The molecule has 0 spiro atoms. The molecule has 2 heterocycles. The van der Waals surface area contributed by atoms with Gasteiger partial charge in [0.25, 0.3) is 11.1 Å². The molecule has 1 saturated carbocycles. The van der Waals surface area contributed by atoms with Crippen LogP contribution in [0, 0.1) is 19.8 Å². The Balaban J connectivity index is 1.36. The summed E-state index contributed by atoms with van der Waals surface area (Å²) in [4.78, 5) is 28.2. The molecule has 7 heteroatoms. The number of imide groups is 1. The Morgan fingerprint density at radius 2 is 2.03 bits per heavy atom. The van der Waals surface area contributed by atoms with Crippen molar-refractivity contribution in [2.45, 2.75) is 52.2 Å². The number of allylic oxidation sites excluding steroid dienone is 1. The number of ether oxygens (including phenoxy) is 1. The minimum atomic E-state index is -0.296. The van der Waals surface area contributed by atoms with Crippen LogP contribution in [-0.2, 0) is 16.1 Å². The van der Waals surface area contributed by atoms with Crippen LogP contribution in [0.25, 0.3) is 11.5 Å². The number of aryl methyl sites for hydroxylation is 2. The van der Waals surface area contributed by atoms with Crippen LogP contribution >= 0.6 is 11.8 Å². The van der Waals surface area contributed by atoms with Gasteiger partial charge in [-0.05, 0) is 62.9 Å². The van der Waals surface area contributed by atoms with E-state index < -0.39 is 0 Å². The molecule has 2 aromatic rings. The first-order valence-corrected chi connectivity index (χ1v) is 10.7. The number of rotatable bonds is 5. The maximum atomic E-state index is 11.8. The van der Waals surface area contributed by atoms with E-state index in [0.29, 0.717) is 17.4 Å². The Bertz CT molecular complexity index is 948. The molecule has 1 aliphatic heterocycles. The van der Waals surface area contributed by atoms with Crippen molar-refractivity contribution < 1.29 is 18.7 Å². The summed E-state index contributed by atoms with van der Waals surface area (Å²) in [5.41, 5.74) is 2.97. The molecule has 1 aromatic heterocycles. The van der Waals surface area contributed by atoms with Gasteiger partial charge in [0.05, 0.1) is 17.6 Å². The van der Waals surface area contributed by atoms with Gasteiger partial charge in [0, 0.05) is 5.56 Å². The molecule has 6 nitrogen and oxygen atoms in total. The molecule has 29 heavy (non-hydrogen) atoms. The van der Waals surface area contributed by atoms with Gasteiger partial charge in [0.1, 0.15) is 11.5 Å². The number of hydrogen-bond acceptors (Lipinski definition) is 6. The smallest absolute Gasteiger partial charge is 0.290 e. The van der Waals surface area contributed by atoms with Crippen LogP contribution in [0.3, 0.4) is 0 Å². The lowest BCUT2D eigenvalue weighted by molar-refractivity contribution is -0.115. The average molecular weight is 413 g/mol. The van der Waals surface area contributed by atoms with Gasteiger partial charge in [0.15, 0.2) is 0 Å². The van der Waals surface area contributed by atoms with Crippen molar-refractivity contribution in [1.29, 1.82) is 0 Å². The van der Waals surface area contributed by atoms with E-state index in [2.05, 4.69) is 10.3 Å². The molecule has 1 N–H and O–H groups in total. The summed E-state index contributed by atoms with van der Waals surface area (Å²) in [5.74, 6) is 1.34. The van der Waals surface area contributed by atoms with Crippen LogP contribution in [-0.4, -0.2) is 22.2 Å². The minimum absolute atomic E-state index is 0.106. The van der Waals surface area contributed by atoms with Crippen LogP contribution in [0.4, 0.5) is 4.79 Å². The Labute approximate surface area is 174 Å². The van der Waals surface area contributed by atoms with Gasteiger partial charge in [-0.15, -0.1) is 0 Å². The lowest BCUT2D eigenvalue weighted by Gasteiger charge is -2.27. The van der Waals surface area contributed by atoms with Crippen LogP contribution in [0.5, 0.6) is 0 Å². The second kappa shape index (κ2) is 8.55. The SMILES string of the molecule is Cc1ccc(-c2nc(COC3CCCC(/C=C4/SC(=O)NC4=O)C3)c(C)o2)cc1. The molecular weight excluding hydrogens is 388 g/mol. The zero-order valence-electron chi connectivity index (χ0n) is 16.6. The number of hydrogen-bond donors (Lipinski definition) is 1. The van der Waals surface area contributed by atoms with Crippen LogP contribution in [0.2, 0.25) is 0 Å². The number of benzene rings is 1. The fraction of sp³-hybridized carbons (Fsp3) is 0.409. The van der Waals surface area contributed by atoms with E-state index in [4.69, 9.17) is 9.15 Å². The van der Waals surface area contributed by atoms with Gasteiger partial charge >= 0.3 is 0 Å². The van der Waals surface area contributed by atoms with Gasteiger partial charge in [0.2, 0.25) is 5.89 Å². The summed E-state index contributed by atoms with van der Waals surface area (Å²) >= 11 is 0.981. The van der Waals surface area contributed by atoms with E-state index in [1.165, 1.54) is 5.56 Å². The number of thioether (sulfide) groups is 1. The number of nitrogens with one attached hydrogen (secondary N) is 1. The van der Waals surface area contributed by atoms with E-state index in [1.54, 1.807) is 0 Å². The van der Waals surface area contributed by atoms with Crippen LogP contribution < -0.4 is 5.32 Å². The molecule has 1 saturated heterocycles. The van der Waals surface area contributed by atoms with E-state index in [0.717, 1.165) is 54.5 Å². The highest BCUT2D eigenvalue weighted by Crippen LogP contribution is 2.33. The zero-order valence-corrected chi connectivity index (χ0v) is 17.4. The first-order valence-electron chi connectivity index (χ1n) is 9.88. The van der Waals surface area contributed by atoms with Crippen molar-refractivity contribution in [2.75, 3.05) is 0 Å². The van der Waals surface area contributed by atoms with E-state index in [9.17, 15) is 9.59 Å². The Kier molecular flexibility index (Phi) is 5.87. The summed E-state index contributed by atoms with van der Waals surface area (Å²) in [6.45, 7) is 4.36. The highest BCUT2D eigenvalue weighted by atomic mass is 32.2. The van der Waals surface area contributed by atoms with E-state index >= 15 is 0 Å². The van der Waals surface area contributed by atoms with Gasteiger partial charge in [-0.25, -0.2) is 4.98 Å². The first kappa shape index (κ1) is 19.9. The molecule has 2 aliphatic rings. The van der Waals surface area contributed by atoms with Crippen LogP contribution in [0.1, 0.15) is 42.7 Å². The number of carbonyl (C=O) groups is 2. The fourth-order valence-corrected chi connectivity index (χ4v) is 4.46. The van der Waals surface area contributed by atoms with Crippen LogP contribution in [0.15, 0.2) is 39.7 Å². The highest BCUT2D eigenvalue weighted by molar-refractivity contribution is 8.18. The van der Waals surface area contributed by atoms with Crippen molar-refractivity contribution in [3.63, 3.8) is 0 Å². The summed E-state index contributed by atoms with van der Waals surface area (Å²) in [5, 5.41) is 2.01. The van der Waals surface area contributed by atoms with Crippen molar-refractivity contribution in [2.24, 2.45) is 5.92 Å². The van der Waals surface area contributed by atoms with E-state index in [1.807, 2.05) is 44.2 Å². The molecule has 2 amide bonds. The van der Waals surface area contributed by atoms with Gasteiger partial charge in [-0.1, -0.05) is 30.2 Å². The third kappa shape index (κ3) is 4.79. The average Bonchev–Trinajstić information content (AvgIpc) is 3.22. The fourth-order valence-electron chi connectivity index (χ4n) is 3.71. The molecule has 1 aromatic carbocycles. The molecule has 2 atom stereocenters. The molecule has 2 fully saturated rings.